The van der Waals surface area contributed by atoms with Crippen LogP contribution in [0.4, 0.5) is 8.78 Å². The van der Waals surface area contributed by atoms with Crippen molar-refractivity contribution in [3.05, 3.63) is 83.4 Å². The van der Waals surface area contributed by atoms with Gasteiger partial charge in [-0.15, -0.1) is 0 Å². The smallest absolute Gasteiger partial charge is 0.243 e. The minimum Gasteiger partial charge on any atom is -0.353 e. The summed E-state index contributed by atoms with van der Waals surface area (Å²) in [6.07, 6.45) is 7.46. The Morgan fingerprint density at radius 3 is 1.39 bits per heavy atom. The predicted molar refractivity (Wildman–Crippen MR) is 106 cm³/mol. The van der Waals surface area contributed by atoms with Gasteiger partial charge in [0.1, 0.15) is 11.6 Å². The summed E-state index contributed by atoms with van der Waals surface area (Å²) in [6, 6.07) is 11.7. The highest BCUT2D eigenvalue weighted by atomic mass is 19.1. The molecule has 0 heterocycles. The Hall–Kier alpha value is -3.28. The van der Waals surface area contributed by atoms with Crippen LogP contribution in [-0.2, 0) is 9.59 Å². The van der Waals surface area contributed by atoms with Gasteiger partial charge in [-0.25, -0.2) is 8.78 Å². The Morgan fingerprint density at radius 2 is 1.04 bits per heavy atom. The molecule has 2 aromatic rings. The van der Waals surface area contributed by atoms with Gasteiger partial charge in [0, 0.05) is 25.2 Å². The fourth-order valence-corrected chi connectivity index (χ4v) is 2.28. The van der Waals surface area contributed by atoms with Gasteiger partial charge in [0.05, 0.1) is 0 Å². The lowest BCUT2D eigenvalue weighted by molar-refractivity contribution is -0.117. The second kappa shape index (κ2) is 11.4. The average molecular weight is 384 g/mol. The van der Waals surface area contributed by atoms with E-state index >= 15 is 0 Å². The highest BCUT2D eigenvalue weighted by Crippen LogP contribution is 2.05. The molecule has 2 aromatic carbocycles. The summed E-state index contributed by atoms with van der Waals surface area (Å²) < 4.78 is 25.6. The predicted octanol–water partition coefficient (Wildman–Crippen LogP) is 3.70. The maximum atomic E-state index is 12.8. The second-order valence-electron chi connectivity index (χ2n) is 6.06. The summed E-state index contributed by atoms with van der Waals surface area (Å²) >= 11 is 0. The topological polar surface area (TPSA) is 58.2 Å². The molecule has 0 atom stereocenters. The van der Waals surface area contributed by atoms with Gasteiger partial charge in [0.15, 0.2) is 0 Å². The maximum Gasteiger partial charge on any atom is 0.243 e. The van der Waals surface area contributed by atoms with Crippen molar-refractivity contribution in [2.24, 2.45) is 0 Å². The van der Waals surface area contributed by atoms with E-state index in [4.69, 9.17) is 0 Å². The molecule has 0 aliphatic carbocycles. The zero-order chi connectivity index (χ0) is 20.2. The zero-order valence-electron chi connectivity index (χ0n) is 15.3. The second-order valence-corrected chi connectivity index (χ2v) is 6.06. The molecule has 0 saturated carbocycles. The van der Waals surface area contributed by atoms with Crippen molar-refractivity contribution in [1.29, 1.82) is 0 Å². The van der Waals surface area contributed by atoms with Gasteiger partial charge in [-0.05, 0) is 60.4 Å². The number of carbonyl (C=O) groups excluding carboxylic acids is 2. The first-order valence-electron chi connectivity index (χ1n) is 8.96. The number of rotatable bonds is 9. The molecule has 4 nitrogen and oxygen atoms in total. The van der Waals surface area contributed by atoms with E-state index in [1.807, 2.05) is 0 Å². The van der Waals surface area contributed by atoms with E-state index in [9.17, 15) is 18.4 Å². The van der Waals surface area contributed by atoms with Crippen molar-refractivity contribution >= 4 is 24.0 Å². The number of hydrogen-bond donors (Lipinski definition) is 2. The van der Waals surface area contributed by atoms with Gasteiger partial charge in [0.25, 0.3) is 0 Å². The van der Waals surface area contributed by atoms with Gasteiger partial charge in [-0.3, -0.25) is 9.59 Å². The molecule has 0 bridgehead atoms. The molecule has 0 aliphatic heterocycles. The van der Waals surface area contributed by atoms with Gasteiger partial charge in [-0.2, -0.15) is 0 Å². The molecule has 6 heteroatoms. The first-order chi connectivity index (χ1) is 13.5. The van der Waals surface area contributed by atoms with E-state index in [0.717, 1.165) is 24.0 Å². The van der Waals surface area contributed by atoms with E-state index in [-0.39, 0.29) is 23.4 Å². The van der Waals surface area contributed by atoms with Crippen LogP contribution in [0.25, 0.3) is 12.2 Å². The summed E-state index contributed by atoms with van der Waals surface area (Å²) in [5, 5.41) is 5.49. The molecule has 0 unspecified atom stereocenters. The van der Waals surface area contributed by atoms with Crippen molar-refractivity contribution in [2.45, 2.75) is 12.8 Å². The summed E-state index contributed by atoms with van der Waals surface area (Å²) in [4.78, 5) is 23.4. The SMILES string of the molecule is O=C(C=Cc1ccc(F)cc1)NCCCCNC(=O)C=Cc1ccc(F)cc1. The Kier molecular flexibility index (Phi) is 8.59. The number of hydrogen-bond acceptors (Lipinski definition) is 2. The van der Waals surface area contributed by atoms with Crippen molar-refractivity contribution in [1.82, 2.24) is 10.6 Å². The third-order valence-electron chi connectivity index (χ3n) is 3.80. The minimum atomic E-state index is -0.320. The molecule has 2 rings (SSSR count). The van der Waals surface area contributed by atoms with Gasteiger partial charge in [0.2, 0.25) is 11.8 Å². The Labute approximate surface area is 163 Å². The molecule has 2 N–H and O–H groups in total. The van der Waals surface area contributed by atoms with Crippen LogP contribution in [0.2, 0.25) is 0 Å². The number of nitrogens with one attached hydrogen (secondary N) is 2. The molecule has 0 radical (unpaired) electrons. The number of halogens is 2. The van der Waals surface area contributed by atoms with Crippen LogP contribution in [0.1, 0.15) is 24.0 Å². The Morgan fingerprint density at radius 1 is 0.679 bits per heavy atom. The molecule has 28 heavy (non-hydrogen) atoms. The van der Waals surface area contributed by atoms with Crippen LogP contribution in [-0.4, -0.2) is 24.9 Å². The quantitative estimate of drug-likeness (QED) is 0.512. The monoisotopic (exact) mass is 384 g/mol. The van der Waals surface area contributed by atoms with Crippen LogP contribution in [0, 0.1) is 11.6 Å². The first-order valence-corrected chi connectivity index (χ1v) is 8.96. The van der Waals surface area contributed by atoms with Crippen LogP contribution in [0.3, 0.4) is 0 Å². The maximum absolute atomic E-state index is 12.8. The van der Waals surface area contributed by atoms with E-state index in [2.05, 4.69) is 10.6 Å². The van der Waals surface area contributed by atoms with Crippen molar-refractivity contribution in [3.63, 3.8) is 0 Å². The minimum absolute atomic E-state index is 0.226. The van der Waals surface area contributed by atoms with Gasteiger partial charge >= 0.3 is 0 Å². The molecule has 0 aromatic heterocycles. The van der Waals surface area contributed by atoms with Crippen LogP contribution < -0.4 is 10.6 Å². The van der Waals surface area contributed by atoms with E-state index in [1.165, 1.54) is 36.4 Å². The fraction of sp³-hybridized carbons (Fsp3) is 0.182. The van der Waals surface area contributed by atoms with E-state index in [0.29, 0.717) is 13.1 Å². The van der Waals surface area contributed by atoms with Gasteiger partial charge in [-0.1, -0.05) is 24.3 Å². The molecule has 0 saturated heterocycles. The summed E-state index contributed by atoms with van der Waals surface area (Å²) in [5.74, 6) is -1.09. The van der Waals surface area contributed by atoms with Crippen LogP contribution in [0.15, 0.2) is 60.7 Å². The Bertz CT molecular complexity index is 757. The van der Waals surface area contributed by atoms with Gasteiger partial charge < -0.3 is 10.6 Å². The number of carbonyl (C=O) groups is 2. The highest BCUT2D eigenvalue weighted by molar-refractivity contribution is 5.92. The summed E-state index contributed by atoms with van der Waals surface area (Å²) in [6.45, 7) is 0.988. The molecule has 2 amide bonds. The van der Waals surface area contributed by atoms with Crippen molar-refractivity contribution < 1.29 is 18.4 Å². The molecular formula is C22H22F2N2O2. The molecule has 0 spiro atoms. The lowest BCUT2D eigenvalue weighted by Crippen LogP contribution is -2.25. The molecule has 0 fully saturated rings. The zero-order valence-corrected chi connectivity index (χ0v) is 15.3. The average Bonchev–Trinajstić information content (AvgIpc) is 2.69. The number of benzene rings is 2. The highest BCUT2D eigenvalue weighted by Gasteiger charge is 1.98. The fourth-order valence-electron chi connectivity index (χ4n) is 2.28. The lowest BCUT2D eigenvalue weighted by atomic mass is 10.2. The standard InChI is InChI=1S/C22H22F2N2O2/c23-19-9-3-17(4-10-19)7-13-21(27)25-15-1-2-16-26-22(28)14-8-18-5-11-20(24)12-6-18/h3-14H,1-2,15-16H2,(H,25,27)(H,26,28). The lowest BCUT2D eigenvalue weighted by Gasteiger charge is -2.04. The summed E-state index contributed by atoms with van der Waals surface area (Å²) in [7, 11) is 0. The Balaban J connectivity index is 1.56. The van der Waals surface area contributed by atoms with E-state index < -0.39 is 0 Å². The van der Waals surface area contributed by atoms with Crippen LogP contribution >= 0.6 is 0 Å². The van der Waals surface area contributed by atoms with Crippen molar-refractivity contribution in [2.75, 3.05) is 13.1 Å². The number of amides is 2. The largest absolute Gasteiger partial charge is 0.353 e. The normalized spacial score (nSPS) is 11.1. The summed E-state index contributed by atoms with van der Waals surface area (Å²) in [5.41, 5.74) is 1.49. The first kappa shape index (κ1) is 21.0. The molecule has 0 aliphatic rings. The number of unbranched alkanes of at least 4 members (excludes halogenated alkanes) is 1. The molecular weight excluding hydrogens is 362 g/mol. The van der Waals surface area contributed by atoms with Crippen molar-refractivity contribution in [3.8, 4) is 0 Å². The van der Waals surface area contributed by atoms with Crippen LogP contribution in [0.5, 0.6) is 0 Å². The molecule has 146 valence electrons. The third-order valence-corrected chi connectivity index (χ3v) is 3.80. The van der Waals surface area contributed by atoms with E-state index in [1.54, 1.807) is 36.4 Å². The third kappa shape index (κ3) is 8.40.